The van der Waals surface area contributed by atoms with Crippen molar-refractivity contribution < 1.29 is 24.3 Å². The molecule has 36 heavy (non-hydrogen) atoms. The molecule has 0 radical (unpaired) electrons. The predicted octanol–water partition coefficient (Wildman–Crippen LogP) is 1.40. The van der Waals surface area contributed by atoms with E-state index in [0.717, 1.165) is 11.1 Å². The van der Waals surface area contributed by atoms with Gasteiger partial charge in [0, 0.05) is 6.42 Å². The van der Waals surface area contributed by atoms with E-state index in [-0.39, 0.29) is 18.8 Å². The Hall–Kier alpha value is -3.72. The molecule has 194 valence electrons. The number of nitrogens with one attached hydrogen (secondary N) is 3. The van der Waals surface area contributed by atoms with E-state index < -0.39 is 47.9 Å². The van der Waals surface area contributed by atoms with Gasteiger partial charge in [0.25, 0.3) is 0 Å². The summed E-state index contributed by atoms with van der Waals surface area (Å²) in [6, 6.07) is 14.5. The van der Waals surface area contributed by atoms with Crippen LogP contribution < -0.4 is 21.7 Å². The number of aliphatic carboxylic acids is 1. The summed E-state index contributed by atoms with van der Waals surface area (Å²) >= 11 is 0. The van der Waals surface area contributed by atoms with Crippen LogP contribution in [0.25, 0.3) is 0 Å². The molecular formula is C27H36N4O5. The highest BCUT2D eigenvalue weighted by molar-refractivity contribution is 5.94. The third-order valence-electron chi connectivity index (χ3n) is 5.62. The summed E-state index contributed by atoms with van der Waals surface area (Å²) in [5.41, 5.74) is 7.81. The van der Waals surface area contributed by atoms with Crippen LogP contribution in [0.15, 0.2) is 60.7 Å². The summed E-state index contributed by atoms with van der Waals surface area (Å²) in [7, 11) is 0. The molecule has 3 amide bonds. The third-order valence-corrected chi connectivity index (χ3v) is 5.62. The number of carboxylic acid groups (broad SMARTS) is 1. The number of carboxylic acids is 1. The van der Waals surface area contributed by atoms with Gasteiger partial charge in [0.15, 0.2) is 0 Å². The maximum absolute atomic E-state index is 13.1. The zero-order valence-corrected chi connectivity index (χ0v) is 20.9. The van der Waals surface area contributed by atoms with Gasteiger partial charge in [0.1, 0.15) is 18.1 Å². The molecule has 4 atom stereocenters. The molecule has 0 fully saturated rings. The van der Waals surface area contributed by atoms with Gasteiger partial charge in [-0.2, -0.15) is 0 Å². The summed E-state index contributed by atoms with van der Waals surface area (Å²) < 4.78 is 0. The molecule has 0 heterocycles. The standard InChI is InChI=1S/C27H36N4O5/c1-17(2)14-23(27(35)36)31-24(32)18(3)29-26(34)22(16-20-12-8-5-9-13-20)30-25(33)21(28)15-19-10-6-4-7-11-19/h4-13,17-18,21-23H,14-16,28H2,1-3H3,(H,29,34)(H,30,33)(H,31,32)(H,35,36). The molecule has 0 bridgehead atoms. The van der Waals surface area contributed by atoms with E-state index in [9.17, 15) is 24.3 Å². The van der Waals surface area contributed by atoms with Gasteiger partial charge in [-0.15, -0.1) is 0 Å². The van der Waals surface area contributed by atoms with E-state index in [1.54, 1.807) is 0 Å². The van der Waals surface area contributed by atoms with Crippen LogP contribution in [0.3, 0.4) is 0 Å². The SMILES string of the molecule is CC(C)CC(NC(=O)C(C)NC(=O)C(Cc1ccccc1)NC(=O)C(N)Cc1ccccc1)C(=O)O. The molecule has 0 spiro atoms. The maximum Gasteiger partial charge on any atom is 0.326 e. The lowest BCUT2D eigenvalue weighted by atomic mass is 10.0. The Kier molecular flexibility index (Phi) is 11.1. The molecule has 0 aliphatic carbocycles. The fraction of sp³-hybridized carbons (Fsp3) is 0.407. The summed E-state index contributed by atoms with van der Waals surface area (Å²) in [6.45, 7) is 5.17. The minimum absolute atomic E-state index is 0.0573. The van der Waals surface area contributed by atoms with Crippen LogP contribution >= 0.6 is 0 Å². The Balaban J connectivity index is 2.08. The first-order valence-corrected chi connectivity index (χ1v) is 12.0. The lowest BCUT2D eigenvalue weighted by Crippen LogP contribution is -2.57. The number of nitrogens with two attached hydrogens (primary N) is 1. The van der Waals surface area contributed by atoms with Crippen molar-refractivity contribution in [3.05, 3.63) is 71.8 Å². The molecule has 0 aliphatic rings. The second-order valence-corrected chi connectivity index (χ2v) is 9.31. The second-order valence-electron chi connectivity index (χ2n) is 9.31. The zero-order chi connectivity index (χ0) is 26.7. The first kappa shape index (κ1) is 28.5. The van der Waals surface area contributed by atoms with E-state index in [1.807, 2.05) is 74.5 Å². The highest BCUT2D eigenvalue weighted by Crippen LogP contribution is 2.08. The second kappa shape index (κ2) is 14.0. The van der Waals surface area contributed by atoms with Gasteiger partial charge < -0.3 is 26.8 Å². The van der Waals surface area contributed by atoms with Gasteiger partial charge in [-0.3, -0.25) is 14.4 Å². The quantitative estimate of drug-likeness (QED) is 0.283. The molecule has 9 nitrogen and oxygen atoms in total. The highest BCUT2D eigenvalue weighted by Gasteiger charge is 2.28. The van der Waals surface area contributed by atoms with Gasteiger partial charge >= 0.3 is 5.97 Å². The molecule has 0 saturated carbocycles. The number of carbonyl (C=O) groups is 4. The van der Waals surface area contributed by atoms with Crippen molar-refractivity contribution >= 4 is 23.7 Å². The van der Waals surface area contributed by atoms with Crippen molar-refractivity contribution in [3.63, 3.8) is 0 Å². The average Bonchev–Trinajstić information content (AvgIpc) is 2.83. The molecule has 0 saturated heterocycles. The molecule has 6 N–H and O–H groups in total. The largest absolute Gasteiger partial charge is 0.480 e. The van der Waals surface area contributed by atoms with Crippen LogP contribution in [-0.2, 0) is 32.0 Å². The molecule has 0 aliphatic heterocycles. The number of hydrogen-bond acceptors (Lipinski definition) is 5. The fourth-order valence-electron chi connectivity index (χ4n) is 3.67. The van der Waals surface area contributed by atoms with Crippen molar-refractivity contribution in [3.8, 4) is 0 Å². The first-order valence-electron chi connectivity index (χ1n) is 12.0. The normalized spacial score (nSPS) is 14.2. The maximum atomic E-state index is 13.1. The van der Waals surface area contributed by atoms with Crippen LogP contribution in [0, 0.1) is 5.92 Å². The lowest BCUT2D eigenvalue weighted by molar-refractivity contribution is -0.142. The van der Waals surface area contributed by atoms with E-state index >= 15 is 0 Å². The Morgan fingerprint density at radius 2 is 1.22 bits per heavy atom. The molecule has 0 aromatic heterocycles. The third kappa shape index (κ3) is 9.50. The minimum Gasteiger partial charge on any atom is -0.480 e. The van der Waals surface area contributed by atoms with Crippen LogP contribution in [-0.4, -0.2) is 53.0 Å². The van der Waals surface area contributed by atoms with Gasteiger partial charge in [-0.05, 0) is 36.8 Å². The highest BCUT2D eigenvalue weighted by atomic mass is 16.4. The van der Waals surface area contributed by atoms with Crippen LogP contribution in [0.4, 0.5) is 0 Å². The topological polar surface area (TPSA) is 151 Å². The fourth-order valence-corrected chi connectivity index (χ4v) is 3.67. The van der Waals surface area contributed by atoms with Gasteiger partial charge in [-0.25, -0.2) is 4.79 Å². The van der Waals surface area contributed by atoms with Crippen molar-refractivity contribution in [2.24, 2.45) is 11.7 Å². The predicted molar refractivity (Wildman–Crippen MR) is 137 cm³/mol. The van der Waals surface area contributed by atoms with E-state index in [4.69, 9.17) is 5.73 Å². The number of carbonyl (C=O) groups excluding carboxylic acids is 3. The summed E-state index contributed by atoms with van der Waals surface area (Å²) in [4.78, 5) is 50.0. The summed E-state index contributed by atoms with van der Waals surface area (Å²) in [5.74, 6) is -2.77. The Bertz CT molecular complexity index is 1010. The number of rotatable bonds is 13. The molecule has 9 heteroatoms. The van der Waals surface area contributed by atoms with E-state index in [0.29, 0.717) is 6.42 Å². The lowest BCUT2D eigenvalue weighted by Gasteiger charge is -2.24. The van der Waals surface area contributed by atoms with Gasteiger partial charge in [0.05, 0.1) is 6.04 Å². The molecule has 2 aromatic rings. The summed E-state index contributed by atoms with van der Waals surface area (Å²) in [6.07, 6.45) is 0.751. The smallest absolute Gasteiger partial charge is 0.326 e. The van der Waals surface area contributed by atoms with Crippen molar-refractivity contribution in [2.45, 2.75) is 64.2 Å². The Morgan fingerprint density at radius 1 is 0.722 bits per heavy atom. The molecule has 2 aromatic carbocycles. The average molecular weight is 497 g/mol. The monoisotopic (exact) mass is 496 g/mol. The number of benzene rings is 2. The zero-order valence-electron chi connectivity index (χ0n) is 20.9. The Labute approximate surface area is 211 Å². The molecule has 2 rings (SSSR count). The van der Waals surface area contributed by atoms with Crippen molar-refractivity contribution in [1.29, 1.82) is 0 Å². The van der Waals surface area contributed by atoms with Crippen LogP contribution in [0.2, 0.25) is 0 Å². The van der Waals surface area contributed by atoms with Gasteiger partial charge in [-0.1, -0.05) is 74.5 Å². The molecule has 4 unspecified atom stereocenters. The minimum atomic E-state index is -1.14. The van der Waals surface area contributed by atoms with Crippen molar-refractivity contribution in [1.82, 2.24) is 16.0 Å². The summed E-state index contributed by atoms with van der Waals surface area (Å²) in [5, 5.41) is 17.2. The molecular weight excluding hydrogens is 460 g/mol. The van der Waals surface area contributed by atoms with E-state index in [2.05, 4.69) is 16.0 Å². The van der Waals surface area contributed by atoms with Gasteiger partial charge in [0.2, 0.25) is 17.7 Å². The van der Waals surface area contributed by atoms with Crippen LogP contribution in [0.1, 0.15) is 38.3 Å². The van der Waals surface area contributed by atoms with Crippen molar-refractivity contribution in [2.75, 3.05) is 0 Å². The first-order chi connectivity index (χ1) is 17.1. The number of hydrogen-bond donors (Lipinski definition) is 5. The number of amides is 3. The van der Waals surface area contributed by atoms with E-state index in [1.165, 1.54) is 6.92 Å². The van der Waals surface area contributed by atoms with Crippen LogP contribution in [0.5, 0.6) is 0 Å². The Morgan fingerprint density at radius 3 is 1.72 bits per heavy atom.